The summed E-state index contributed by atoms with van der Waals surface area (Å²) in [7, 11) is 0. The third-order valence-corrected chi connectivity index (χ3v) is 3.14. The van der Waals surface area contributed by atoms with Gasteiger partial charge in [-0.1, -0.05) is 71.3 Å². The molecule has 0 aromatic rings. The lowest BCUT2D eigenvalue weighted by Gasteiger charge is -2.10. The fourth-order valence-electron chi connectivity index (χ4n) is 1.97. The van der Waals surface area contributed by atoms with Gasteiger partial charge in [0.15, 0.2) is 0 Å². The highest BCUT2D eigenvalue weighted by Gasteiger charge is 1.96. The van der Waals surface area contributed by atoms with E-state index in [2.05, 4.69) is 13.5 Å². The van der Waals surface area contributed by atoms with Gasteiger partial charge in [0.05, 0.1) is 0 Å². The minimum Gasteiger partial charge on any atom is -0.322 e. The zero-order chi connectivity index (χ0) is 12.8. The van der Waals surface area contributed by atoms with E-state index in [4.69, 9.17) is 0 Å². The molecule has 0 radical (unpaired) electrons. The maximum Gasteiger partial charge on any atom is 0.213 e. The Morgan fingerprint density at radius 2 is 1.35 bits per heavy atom. The Morgan fingerprint density at radius 3 is 1.76 bits per heavy atom. The molecule has 2 heteroatoms. The van der Waals surface area contributed by atoms with Crippen LogP contribution in [-0.4, -0.2) is 17.9 Å². The lowest BCUT2D eigenvalue weighted by Crippen LogP contribution is -2.15. The van der Waals surface area contributed by atoms with E-state index in [1.54, 1.807) is 11.1 Å². The SMILES string of the molecule is C=CN(C=O)CCCCCCCCCCCC. The number of hydrogen-bond donors (Lipinski definition) is 0. The summed E-state index contributed by atoms with van der Waals surface area (Å²) in [6, 6.07) is 0. The van der Waals surface area contributed by atoms with Crippen LogP contribution in [0.3, 0.4) is 0 Å². The molecule has 100 valence electrons. The predicted octanol–water partition coefficient (Wildman–Crippen LogP) is 4.51. The zero-order valence-corrected chi connectivity index (χ0v) is 11.5. The molecule has 0 aliphatic rings. The van der Waals surface area contributed by atoms with Gasteiger partial charge in [-0.2, -0.15) is 0 Å². The fraction of sp³-hybridized carbons (Fsp3) is 0.800. The first-order valence-corrected chi connectivity index (χ1v) is 7.18. The van der Waals surface area contributed by atoms with E-state index in [0.717, 1.165) is 19.4 Å². The molecule has 0 heterocycles. The summed E-state index contributed by atoms with van der Waals surface area (Å²) >= 11 is 0. The topological polar surface area (TPSA) is 20.3 Å². The number of hydrogen-bond acceptors (Lipinski definition) is 1. The van der Waals surface area contributed by atoms with Crippen molar-refractivity contribution in [2.24, 2.45) is 0 Å². The molecular weight excluding hydrogens is 210 g/mol. The number of nitrogens with zero attached hydrogens (tertiary/aromatic N) is 1. The van der Waals surface area contributed by atoms with Crippen molar-refractivity contribution in [3.63, 3.8) is 0 Å². The van der Waals surface area contributed by atoms with Crippen LogP contribution in [0.1, 0.15) is 71.1 Å². The molecule has 0 unspecified atom stereocenters. The second kappa shape index (κ2) is 13.3. The Labute approximate surface area is 107 Å². The predicted molar refractivity (Wildman–Crippen MR) is 74.8 cm³/mol. The normalized spacial score (nSPS) is 10.2. The van der Waals surface area contributed by atoms with E-state index in [-0.39, 0.29) is 0 Å². The van der Waals surface area contributed by atoms with Crippen molar-refractivity contribution in [3.05, 3.63) is 12.8 Å². The summed E-state index contributed by atoms with van der Waals surface area (Å²) in [5.74, 6) is 0. The number of unbranched alkanes of at least 4 members (excludes halogenated alkanes) is 9. The van der Waals surface area contributed by atoms with E-state index < -0.39 is 0 Å². The molecule has 0 aromatic heterocycles. The highest BCUT2D eigenvalue weighted by molar-refractivity contribution is 5.48. The monoisotopic (exact) mass is 239 g/mol. The smallest absolute Gasteiger partial charge is 0.213 e. The number of carbonyl (C=O) groups excluding carboxylic acids is 1. The summed E-state index contributed by atoms with van der Waals surface area (Å²) in [6.07, 6.45) is 15.7. The summed E-state index contributed by atoms with van der Waals surface area (Å²) in [4.78, 5) is 12.1. The van der Waals surface area contributed by atoms with Crippen molar-refractivity contribution in [3.8, 4) is 0 Å². The van der Waals surface area contributed by atoms with E-state index in [1.807, 2.05) is 0 Å². The van der Waals surface area contributed by atoms with Crippen LogP contribution in [0, 0.1) is 0 Å². The zero-order valence-electron chi connectivity index (χ0n) is 11.5. The molecule has 0 spiro atoms. The fourth-order valence-corrected chi connectivity index (χ4v) is 1.97. The van der Waals surface area contributed by atoms with E-state index in [1.165, 1.54) is 57.8 Å². The summed E-state index contributed by atoms with van der Waals surface area (Å²) < 4.78 is 0. The molecule has 0 aliphatic carbocycles. The molecule has 2 nitrogen and oxygen atoms in total. The molecule has 17 heavy (non-hydrogen) atoms. The van der Waals surface area contributed by atoms with Crippen LogP contribution in [-0.2, 0) is 4.79 Å². The summed E-state index contributed by atoms with van der Waals surface area (Å²) in [5.41, 5.74) is 0. The summed E-state index contributed by atoms with van der Waals surface area (Å²) in [6.45, 7) is 6.67. The van der Waals surface area contributed by atoms with Gasteiger partial charge in [-0.25, -0.2) is 0 Å². The van der Waals surface area contributed by atoms with Crippen molar-refractivity contribution < 1.29 is 4.79 Å². The van der Waals surface area contributed by atoms with Crippen LogP contribution in [0.4, 0.5) is 0 Å². The van der Waals surface area contributed by atoms with Gasteiger partial charge in [-0.3, -0.25) is 4.79 Å². The second-order valence-electron chi connectivity index (χ2n) is 4.71. The molecule has 0 saturated carbocycles. The van der Waals surface area contributed by atoms with Crippen LogP contribution in [0.2, 0.25) is 0 Å². The van der Waals surface area contributed by atoms with Crippen LogP contribution in [0.5, 0.6) is 0 Å². The van der Waals surface area contributed by atoms with Crippen LogP contribution in [0.15, 0.2) is 12.8 Å². The van der Waals surface area contributed by atoms with Gasteiger partial charge in [-0.05, 0) is 12.6 Å². The van der Waals surface area contributed by atoms with Gasteiger partial charge in [-0.15, -0.1) is 0 Å². The van der Waals surface area contributed by atoms with Crippen LogP contribution >= 0.6 is 0 Å². The Hall–Kier alpha value is -0.790. The lowest BCUT2D eigenvalue weighted by molar-refractivity contribution is -0.115. The number of amides is 1. The first-order valence-electron chi connectivity index (χ1n) is 7.18. The lowest BCUT2D eigenvalue weighted by atomic mass is 10.1. The quantitative estimate of drug-likeness (QED) is 0.342. The molecule has 0 aliphatic heterocycles. The van der Waals surface area contributed by atoms with Gasteiger partial charge in [0, 0.05) is 6.54 Å². The second-order valence-corrected chi connectivity index (χ2v) is 4.71. The van der Waals surface area contributed by atoms with E-state index in [9.17, 15) is 4.79 Å². The third kappa shape index (κ3) is 11.5. The molecule has 0 N–H and O–H groups in total. The standard InChI is InChI=1S/C15H29NO/c1-3-5-6-7-8-9-10-11-12-13-14-16(4-2)15-17/h4,15H,2-3,5-14H2,1H3. The van der Waals surface area contributed by atoms with Gasteiger partial charge in [0.1, 0.15) is 0 Å². The largest absolute Gasteiger partial charge is 0.322 e. The molecule has 0 atom stereocenters. The molecule has 0 saturated heterocycles. The minimum atomic E-state index is 0.823. The Balaban J connectivity index is 3.08. The van der Waals surface area contributed by atoms with Gasteiger partial charge in [0.25, 0.3) is 0 Å². The van der Waals surface area contributed by atoms with Crippen molar-refractivity contribution in [1.29, 1.82) is 0 Å². The Morgan fingerprint density at radius 1 is 0.882 bits per heavy atom. The van der Waals surface area contributed by atoms with Crippen molar-refractivity contribution in [2.75, 3.05) is 6.54 Å². The molecule has 0 fully saturated rings. The third-order valence-electron chi connectivity index (χ3n) is 3.14. The first-order chi connectivity index (χ1) is 8.35. The highest BCUT2D eigenvalue weighted by atomic mass is 16.1. The number of rotatable bonds is 13. The average molecular weight is 239 g/mol. The Bertz CT molecular complexity index is 172. The Kier molecular flexibility index (Phi) is 12.7. The van der Waals surface area contributed by atoms with Gasteiger partial charge < -0.3 is 4.90 Å². The number of carbonyl (C=O) groups is 1. The van der Waals surface area contributed by atoms with E-state index >= 15 is 0 Å². The molecular formula is C15H29NO. The van der Waals surface area contributed by atoms with Crippen molar-refractivity contribution >= 4 is 6.41 Å². The van der Waals surface area contributed by atoms with Crippen molar-refractivity contribution in [2.45, 2.75) is 71.1 Å². The molecule has 1 amide bonds. The highest BCUT2D eigenvalue weighted by Crippen LogP contribution is 2.10. The maximum absolute atomic E-state index is 10.5. The molecule has 0 aromatic carbocycles. The molecule has 0 rings (SSSR count). The van der Waals surface area contributed by atoms with Crippen LogP contribution in [0.25, 0.3) is 0 Å². The summed E-state index contributed by atoms with van der Waals surface area (Å²) in [5, 5.41) is 0. The van der Waals surface area contributed by atoms with Crippen molar-refractivity contribution in [1.82, 2.24) is 4.90 Å². The average Bonchev–Trinajstić information content (AvgIpc) is 2.36. The van der Waals surface area contributed by atoms with Crippen LogP contribution < -0.4 is 0 Å². The molecule has 0 bridgehead atoms. The van der Waals surface area contributed by atoms with Gasteiger partial charge >= 0.3 is 0 Å². The van der Waals surface area contributed by atoms with E-state index in [0.29, 0.717) is 0 Å². The minimum absolute atomic E-state index is 0.823. The maximum atomic E-state index is 10.5. The van der Waals surface area contributed by atoms with Gasteiger partial charge in [0.2, 0.25) is 6.41 Å². The first kappa shape index (κ1) is 16.2.